The molecule has 0 saturated carbocycles. The third-order valence-electron chi connectivity index (χ3n) is 1.42. The van der Waals surface area contributed by atoms with Gasteiger partial charge in [0.1, 0.15) is 0 Å². The Labute approximate surface area is 84.2 Å². The fraction of sp³-hybridized carbons (Fsp3) is 1.00. The van der Waals surface area contributed by atoms with Gasteiger partial charge in [-0.25, -0.2) is 26.7 Å². The van der Waals surface area contributed by atoms with Gasteiger partial charge in [-0.05, 0) is 7.05 Å². The Hall–Kier alpha value is -0.220. The molecular formula is C5H15N3O4S2. The summed E-state index contributed by atoms with van der Waals surface area (Å²) in [7, 11) is -5.38. The van der Waals surface area contributed by atoms with Crippen LogP contribution in [-0.2, 0) is 20.0 Å². The molecule has 9 heteroatoms. The maximum absolute atomic E-state index is 10.9. The summed E-state index contributed by atoms with van der Waals surface area (Å²) in [6.45, 7) is 0.344. The van der Waals surface area contributed by atoms with Crippen molar-refractivity contribution in [1.29, 1.82) is 0 Å². The molecule has 4 N–H and O–H groups in total. The monoisotopic (exact) mass is 245 g/mol. The second-order valence-electron chi connectivity index (χ2n) is 2.64. The number of nitrogens with one attached hydrogen (secondary N) is 2. The van der Waals surface area contributed by atoms with Crippen LogP contribution in [0.4, 0.5) is 0 Å². The van der Waals surface area contributed by atoms with Crippen molar-refractivity contribution in [1.82, 2.24) is 10.0 Å². The van der Waals surface area contributed by atoms with Crippen molar-refractivity contribution >= 4 is 20.0 Å². The second kappa shape index (κ2) is 5.61. The molecule has 0 aliphatic rings. The van der Waals surface area contributed by atoms with Crippen molar-refractivity contribution in [3.8, 4) is 0 Å². The van der Waals surface area contributed by atoms with E-state index in [0.29, 0.717) is 0 Å². The molecule has 0 amide bonds. The van der Waals surface area contributed by atoms with Crippen LogP contribution in [0.5, 0.6) is 0 Å². The molecule has 0 spiro atoms. The molecule has 0 atom stereocenters. The van der Waals surface area contributed by atoms with E-state index in [-0.39, 0.29) is 24.6 Å². The predicted octanol–water partition coefficient (Wildman–Crippen LogP) is -2.59. The highest BCUT2D eigenvalue weighted by Gasteiger charge is 2.06. The molecule has 0 aliphatic carbocycles. The lowest BCUT2D eigenvalue weighted by Gasteiger charge is -2.03. The van der Waals surface area contributed by atoms with E-state index in [0.717, 1.165) is 0 Å². The van der Waals surface area contributed by atoms with Crippen LogP contribution < -0.4 is 15.2 Å². The first-order valence-corrected chi connectivity index (χ1v) is 7.26. The molecule has 0 aromatic heterocycles. The summed E-state index contributed by atoms with van der Waals surface area (Å²) in [6.07, 6.45) is 0. The van der Waals surface area contributed by atoms with Gasteiger partial charge in [-0.2, -0.15) is 0 Å². The molecule has 0 unspecified atom stereocenters. The largest absolute Gasteiger partial charge is 0.315 e. The summed E-state index contributed by atoms with van der Waals surface area (Å²) in [6, 6.07) is 0. The average molecular weight is 245 g/mol. The number of hydrogen-bond acceptors (Lipinski definition) is 5. The van der Waals surface area contributed by atoms with Gasteiger partial charge >= 0.3 is 0 Å². The van der Waals surface area contributed by atoms with Crippen LogP contribution in [0.3, 0.4) is 0 Å². The highest BCUT2D eigenvalue weighted by molar-refractivity contribution is 7.89. The highest BCUT2D eigenvalue weighted by Crippen LogP contribution is 1.80. The van der Waals surface area contributed by atoms with Crippen molar-refractivity contribution in [2.24, 2.45) is 5.14 Å². The van der Waals surface area contributed by atoms with E-state index in [9.17, 15) is 16.8 Å². The summed E-state index contributed by atoms with van der Waals surface area (Å²) < 4.78 is 44.8. The molecule has 0 bridgehead atoms. The Kier molecular flexibility index (Phi) is 5.52. The molecule has 7 nitrogen and oxygen atoms in total. The van der Waals surface area contributed by atoms with Crippen LogP contribution in [-0.4, -0.2) is 48.5 Å². The zero-order valence-electron chi connectivity index (χ0n) is 7.86. The van der Waals surface area contributed by atoms with Gasteiger partial charge in [0.15, 0.2) is 0 Å². The summed E-state index contributed by atoms with van der Waals surface area (Å²) in [5.41, 5.74) is 0. The van der Waals surface area contributed by atoms with Gasteiger partial charge in [-0.15, -0.1) is 0 Å². The minimum atomic E-state index is -3.47. The minimum Gasteiger partial charge on any atom is -0.315 e. The van der Waals surface area contributed by atoms with Gasteiger partial charge in [0.2, 0.25) is 20.0 Å². The summed E-state index contributed by atoms with van der Waals surface area (Å²) in [5.74, 6) is -0.291. The first kappa shape index (κ1) is 13.8. The number of hydrogen-bond donors (Lipinski definition) is 3. The lowest BCUT2D eigenvalue weighted by atomic mass is 10.7. The van der Waals surface area contributed by atoms with Crippen LogP contribution in [0.15, 0.2) is 0 Å². The van der Waals surface area contributed by atoms with E-state index in [2.05, 4.69) is 10.0 Å². The number of rotatable bonds is 7. The lowest BCUT2D eigenvalue weighted by Crippen LogP contribution is -2.33. The van der Waals surface area contributed by atoms with Crippen molar-refractivity contribution in [3.63, 3.8) is 0 Å². The van der Waals surface area contributed by atoms with E-state index in [1.165, 1.54) is 7.05 Å². The third-order valence-corrected chi connectivity index (χ3v) is 3.56. The molecule has 14 heavy (non-hydrogen) atoms. The fourth-order valence-corrected chi connectivity index (χ4v) is 1.69. The molecule has 0 heterocycles. The smallest absolute Gasteiger partial charge is 0.212 e. The molecule has 0 rings (SSSR count). The minimum absolute atomic E-state index is 0.0892. The summed E-state index contributed by atoms with van der Waals surface area (Å²) in [4.78, 5) is 0. The Bertz CT molecular complexity index is 347. The third kappa shape index (κ3) is 8.38. The van der Waals surface area contributed by atoms with E-state index >= 15 is 0 Å². The molecule has 0 saturated heterocycles. The van der Waals surface area contributed by atoms with Crippen LogP contribution in [0.25, 0.3) is 0 Å². The van der Waals surface area contributed by atoms with Gasteiger partial charge < -0.3 is 5.32 Å². The fourth-order valence-electron chi connectivity index (χ4n) is 0.648. The van der Waals surface area contributed by atoms with Gasteiger partial charge in [0.25, 0.3) is 0 Å². The maximum Gasteiger partial charge on any atom is 0.212 e. The van der Waals surface area contributed by atoms with Crippen LogP contribution in [0.1, 0.15) is 0 Å². The highest BCUT2D eigenvalue weighted by atomic mass is 32.2. The zero-order chi connectivity index (χ0) is 11.2. The molecule has 0 aromatic rings. The SMILES string of the molecule is CNS(=O)(=O)CCNCCS(N)(=O)=O. The molecule has 86 valence electrons. The van der Waals surface area contributed by atoms with Crippen molar-refractivity contribution in [2.45, 2.75) is 0 Å². The maximum atomic E-state index is 10.9. The Balaban J connectivity index is 3.59. The Morgan fingerprint density at radius 2 is 1.57 bits per heavy atom. The molecular weight excluding hydrogens is 230 g/mol. The number of sulfonamides is 2. The van der Waals surface area contributed by atoms with Crippen molar-refractivity contribution in [2.75, 3.05) is 31.6 Å². The average Bonchev–Trinajstić information content (AvgIpc) is 2.01. The first-order chi connectivity index (χ1) is 6.27. The molecule has 0 radical (unpaired) electrons. The van der Waals surface area contributed by atoms with Gasteiger partial charge in [0.05, 0.1) is 11.5 Å². The number of nitrogens with two attached hydrogens (primary N) is 1. The van der Waals surface area contributed by atoms with Crippen LogP contribution in [0, 0.1) is 0 Å². The summed E-state index contributed by atoms with van der Waals surface area (Å²) >= 11 is 0. The predicted molar refractivity (Wildman–Crippen MR) is 53.7 cm³/mol. The van der Waals surface area contributed by atoms with Crippen LogP contribution >= 0.6 is 0 Å². The molecule has 0 fully saturated rings. The van der Waals surface area contributed by atoms with Crippen molar-refractivity contribution < 1.29 is 16.8 Å². The Morgan fingerprint density at radius 1 is 1.07 bits per heavy atom. The quantitative estimate of drug-likeness (QED) is 0.425. The second-order valence-corrected chi connectivity index (χ2v) is 6.42. The van der Waals surface area contributed by atoms with Gasteiger partial charge in [-0.1, -0.05) is 0 Å². The van der Waals surface area contributed by atoms with E-state index < -0.39 is 20.0 Å². The standard InChI is InChI=1S/C5H15N3O4S2/c1-7-14(11,12)5-3-8-2-4-13(6,9)10/h7-8H,2-5H2,1H3,(H2,6,9,10). The first-order valence-electron chi connectivity index (χ1n) is 3.89. The van der Waals surface area contributed by atoms with Gasteiger partial charge in [-0.3, -0.25) is 0 Å². The molecule has 0 aliphatic heterocycles. The van der Waals surface area contributed by atoms with Crippen LogP contribution in [0.2, 0.25) is 0 Å². The lowest BCUT2D eigenvalue weighted by molar-refractivity contribution is 0.583. The summed E-state index contributed by atoms with van der Waals surface area (Å²) in [5, 5.41) is 7.39. The van der Waals surface area contributed by atoms with Gasteiger partial charge in [0, 0.05) is 13.1 Å². The Morgan fingerprint density at radius 3 is 2.00 bits per heavy atom. The van der Waals surface area contributed by atoms with E-state index in [4.69, 9.17) is 5.14 Å². The van der Waals surface area contributed by atoms with E-state index in [1.807, 2.05) is 0 Å². The topological polar surface area (TPSA) is 118 Å². The number of primary sulfonamides is 1. The van der Waals surface area contributed by atoms with Crippen molar-refractivity contribution in [3.05, 3.63) is 0 Å². The zero-order valence-corrected chi connectivity index (χ0v) is 9.49. The van der Waals surface area contributed by atoms with E-state index in [1.54, 1.807) is 0 Å². The molecule has 0 aromatic carbocycles. The normalized spacial score (nSPS) is 13.0.